The second kappa shape index (κ2) is 5.44. The maximum absolute atomic E-state index is 12.1. The van der Waals surface area contributed by atoms with Gasteiger partial charge in [0.1, 0.15) is 5.76 Å². The molecule has 0 radical (unpaired) electrons. The standard InChI is InChI=1S/C15H12N2O3/c18-15(16-9-12-7-4-8-19-12)13-14(20-10-17-13)11-5-2-1-3-6-11/h1-8,10H,9H2,(H,16,18). The van der Waals surface area contributed by atoms with Crippen molar-refractivity contribution >= 4 is 5.91 Å². The average molecular weight is 268 g/mol. The number of nitrogens with zero attached hydrogens (tertiary/aromatic N) is 1. The third-order valence-electron chi connectivity index (χ3n) is 2.82. The lowest BCUT2D eigenvalue weighted by Gasteiger charge is -2.02. The van der Waals surface area contributed by atoms with Crippen LogP contribution in [0.2, 0.25) is 0 Å². The smallest absolute Gasteiger partial charge is 0.274 e. The molecule has 20 heavy (non-hydrogen) atoms. The average Bonchev–Trinajstić information content (AvgIpc) is 3.17. The Morgan fingerprint density at radius 2 is 1.95 bits per heavy atom. The molecular formula is C15H12N2O3. The van der Waals surface area contributed by atoms with E-state index in [1.807, 2.05) is 30.3 Å². The van der Waals surface area contributed by atoms with Gasteiger partial charge in [0.25, 0.3) is 5.91 Å². The lowest BCUT2D eigenvalue weighted by molar-refractivity contribution is 0.0944. The van der Waals surface area contributed by atoms with Crippen molar-refractivity contribution in [1.82, 2.24) is 10.3 Å². The summed E-state index contributed by atoms with van der Waals surface area (Å²) in [4.78, 5) is 16.1. The first kappa shape index (κ1) is 12.2. The number of nitrogens with one attached hydrogen (secondary N) is 1. The van der Waals surface area contributed by atoms with Crippen LogP contribution < -0.4 is 5.32 Å². The van der Waals surface area contributed by atoms with E-state index < -0.39 is 0 Å². The minimum atomic E-state index is -0.297. The van der Waals surface area contributed by atoms with Gasteiger partial charge in [0.2, 0.25) is 0 Å². The third-order valence-corrected chi connectivity index (χ3v) is 2.82. The van der Waals surface area contributed by atoms with E-state index in [-0.39, 0.29) is 11.6 Å². The third kappa shape index (κ3) is 2.47. The Kier molecular flexibility index (Phi) is 3.33. The van der Waals surface area contributed by atoms with Crippen molar-refractivity contribution < 1.29 is 13.6 Å². The van der Waals surface area contributed by atoms with Gasteiger partial charge in [-0.15, -0.1) is 0 Å². The lowest BCUT2D eigenvalue weighted by Crippen LogP contribution is -2.23. The molecule has 0 unspecified atom stereocenters. The quantitative estimate of drug-likeness (QED) is 0.790. The van der Waals surface area contributed by atoms with Gasteiger partial charge in [-0.2, -0.15) is 0 Å². The van der Waals surface area contributed by atoms with E-state index in [4.69, 9.17) is 8.83 Å². The molecule has 0 saturated carbocycles. The molecule has 1 aromatic carbocycles. The minimum Gasteiger partial charge on any atom is -0.467 e. The molecule has 2 aromatic heterocycles. The van der Waals surface area contributed by atoms with Gasteiger partial charge in [-0.1, -0.05) is 30.3 Å². The van der Waals surface area contributed by atoms with E-state index in [1.54, 1.807) is 18.4 Å². The van der Waals surface area contributed by atoms with Gasteiger partial charge in [0.05, 0.1) is 12.8 Å². The summed E-state index contributed by atoms with van der Waals surface area (Å²) in [5.41, 5.74) is 1.08. The normalized spacial score (nSPS) is 10.4. The SMILES string of the molecule is O=C(NCc1ccco1)c1ncoc1-c1ccccc1. The largest absolute Gasteiger partial charge is 0.467 e. The van der Waals surface area contributed by atoms with Crippen molar-refractivity contribution in [3.8, 4) is 11.3 Å². The van der Waals surface area contributed by atoms with Gasteiger partial charge in [-0.25, -0.2) is 4.98 Å². The van der Waals surface area contributed by atoms with Crippen molar-refractivity contribution in [2.75, 3.05) is 0 Å². The minimum absolute atomic E-state index is 0.266. The Balaban J connectivity index is 1.77. The van der Waals surface area contributed by atoms with E-state index in [0.717, 1.165) is 5.56 Å². The predicted molar refractivity (Wildman–Crippen MR) is 71.8 cm³/mol. The van der Waals surface area contributed by atoms with Gasteiger partial charge in [0.15, 0.2) is 17.8 Å². The summed E-state index contributed by atoms with van der Waals surface area (Å²) in [5.74, 6) is 0.847. The predicted octanol–water partition coefficient (Wildman–Crippen LogP) is 2.86. The fraction of sp³-hybridized carbons (Fsp3) is 0.0667. The van der Waals surface area contributed by atoms with Crippen LogP contribution in [0.25, 0.3) is 11.3 Å². The number of furan rings is 1. The molecule has 100 valence electrons. The number of carbonyl (C=O) groups excluding carboxylic acids is 1. The fourth-order valence-corrected chi connectivity index (χ4v) is 1.87. The molecule has 3 aromatic rings. The topological polar surface area (TPSA) is 68.3 Å². The maximum atomic E-state index is 12.1. The van der Waals surface area contributed by atoms with E-state index in [0.29, 0.717) is 18.1 Å². The Morgan fingerprint density at radius 1 is 1.10 bits per heavy atom. The second-order valence-electron chi connectivity index (χ2n) is 4.16. The number of hydrogen-bond donors (Lipinski definition) is 1. The molecule has 0 bridgehead atoms. The Hall–Kier alpha value is -2.82. The molecule has 0 fully saturated rings. The van der Waals surface area contributed by atoms with Crippen LogP contribution in [0.5, 0.6) is 0 Å². The van der Waals surface area contributed by atoms with Crippen LogP contribution in [0.15, 0.2) is 64.0 Å². The Morgan fingerprint density at radius 3 is 2.70 bits per heavy atom. The van der Waals surface area contributed by atoms with Gasteiger partial charge in [-0.3, -0.25) is 4.79 Å². The molecule has 5 heteroatoms. The monoisotopic (exact) mass is 268 g/mol. The first-order valence-electron chi connectivity index (χ1n) is 6.14. The number of aromatic nitrogens is 1. The second-order valence-corrected chi connectivity index (χ2v) is 4.16. The molecule has 1 amide bonds. The molecular weight excluding hydrogens is 256 g/mol. The molecule has 2 heterocycles. The summed E-state index contributed by atoms with van der Waals surface area (Å²) in [6.45, 7) is 0.312. The van der Waals surface area contributed by atoms with Crippen LogP contribution in [0.4, 0.5) is 0 Å². The van der Waals surface area contributed by atoms with Gasteiger partial charge >= 0.3 is 0 Å². The van der Waals surface area contributed by atoms with Crippen molar-refractivity contribution in [2.45, 2.75) is 6.54 Å². The van der Waals surface area contributed by atoms with Crippen molar-refractivity contribution in [1.29, 1.82) is 0 Å². The van der Waals surface area contributed by atoms with Gasteiger partial charge in [0, 0.05) is 5.56 Å². The van der Waals surface area contributed by atoms with Crippen LogP contribution >= 0.6 is 0 Å². The van der Waals surface area contributed by atoms with Crippen LogP contribution in [0.3, 0.4) is 0 Å². The molecule has 5 nitrogen and oxygen atoms in total. The first-order chi connectivity index (χ1) is 9.84. The number of rotatable bonds is 4. The van der Waals surface area contributed by atoms with Crippen molar-refractivity contribution in [2.24, 2.45) is 0 Å². The molecule has 3 rings (SSSR count). The van der Waals surface area contributed by atoms with E-state index >= 15 is 0 Å². The number of carbonyl (C=O) groups is 1. The van der Waals surface area contributed by atoms with Gasteiger partial charge in [-0.05, 0) is 12.1 Å². The van der Waals surface area contributed by atoms with E-state index in [2.05, 4.69) is 10.3 Å². The maximum Gasteiger partial charge on any atom is 0.274 e. The zero-order chi connectivity index (χ0) is 13.8. The summed E-state index contributed by atoms with van der Waals surface area (Å²) < 4.78 is 10.5. The van der Waals surface area contributed by atoms with Crippen molar-refractivity contribution in [3.05, 3.63) is 66.6 Å². The number of hydrogen-bond acceptors (Lipinski definition) is 4. The number of oxazole rings is 1. The molecule has 0 atom stereocenters. The van der Waals surface area contributed by atoms with Crippen molar-refractivity contribution in [3.63, 3.8) is 0 Å². The number of amides is 1. The highest BCUT2D eigenvalue weighted by Crippen LogP contribution is 2.22. The highest BCUT2D eigenvalue weighted by atomic mass is 16.3. The Labute approximate surface area is 115 Å². The number of benzene rings is 1. The summed E-state index contributed by atoms with van der Waals surface area (Å²) in [6, 6.07) is 12.9. The van der Waals surface area contributed by atoms with Crippen LogP contribution in [-0.2, 0) is 6.54 Å². The molecule has 0 spiro atoms. The van der Waals surface area contributed by atoms with Crippen LogP contribution in [-0.4, -0.2) is 10.9 Å². The molecule has 1 N–H and O–H groups in total. The van der Waals surface area contributed by atoms with Crippen LogP contribution in [0.1, 0.15) is 16.2 Å². The van der Waals surface area contributed by atoms with Gasteiger partial charge < -0.3 is 14.2 Å². The molecule has 0 aliphatic carbocycles. The summed E-state index contributed by atoms with van der Waals surface area (Å²) in [7, 11) is 0. The van der Waals surface area contributed by atoms with Crippen LogP contribution in [0, 0.1) is 0 Å². The Bertz CT molecular complexity index is 687. The summed E-state index contributed by atoms with van der Waals surface area (Å²) in [6.07, 6.45) is 2.83. The lowest BCUT2D eigenvalue weighted by atomic mass is 10.1. The highest BCUT2D eigenvalue weighted by Gasteiger charge is 2.17. The van der Waals surface area contributed by atoms with E-state index in [9.17, 15) is 4.79 Å². The molecule has 0 aliphatic heterocycles. The zero-order valence-corrected chi connectivity index (χ0v) is 10.6. The summed E-state index contributed by atoms with van der Waals surface area (Å²) >= 11 is 0. The summed E-state index contributed by atoms with van der Waals surface area (Å²) in [5, 5.41) is 2.74. The molecule has 0 saturated heterocycles. The van der Waals surface area contributed by atoms with E-state index in [1.165, 1.54) is 6.39 Å². The fourth-order valence-electron chi connectivity index (χ4n) is 1.87. The molecule has 0 aliphatic rings. The zero-order valence-electron chi connectivity index (χ0n) is 10.6. The highest BCUT2D eigenvalue weighted by molar-refractivity contribution is 5.97. The first-order valence-corrected chi connectivity index (χ1v) is 6.14.